The normalized spacial score (nSPS) is 22.2. The summed E-state index contributed by atoms with van der Waals surface area (Å²) in [6, 6.07) is 9.17. The van der Waals surface area contributed by atoms with Crippen molar-refractivity contribution >= 4 is 0 Å². The standard InChI is InChI=1S/C16H24N2O/c1-2-19-15-6-4-3-5-14(15)16(13-7-8-13)18-11-9-17-10-12-18/h3-6,13,16-17H,2,7-12H2,1H3/t16-/m1/s1. The summed E-state index contributed by atoms with van der Waals surface area (Å²) in [6.45, 7) is 7.34. The minimum atomic E-state index is 0.560. The minimum absolute atomic E-state index is 0.560. The van der Waals surface area contributed by atoms with Gasteiger partial charge in [-0.3, -0.25) is 4.90 Å². The van der Waals surface area contributed by atoms with E-state index in [1.54, 1.807) is 0 Å². The van der Waals surface area contributed by atoms with Crippen LogP contribution in [-0.4, -0.2) is 37.7 Å². The first kappa shape index (κ1) is 12.9. The zero-order chi connectivity index (χ0) is 13.1. The van der Waals surface area contributed by atoms with Crippen molar-refractivity contribution < 1.29 is 4.74 Å². The van der Waals surface area contributed by atoms with Crippen LogP contribution in [0.2, 0.25) is 0 Å². The molecule has 1 saturated carbocycles. The van der Waals surface area contributed by atoms with Crippen LogP contribution in [0.5, 0.6) is 5.75 Å². The average Bonchev–Trinajstić information content (AvgIpc) is 3.27. The lowest BCUT2D eigenvalue weighted by molar-refractivity contribution is 0.152. The number of hydrogen-bond acceptors (Lipinski definition) is 3. The molecule has 3 rings (SSSR count). The van der Waals surface area contributed by atoms with Crippen molar-refractivity contribution in [1.82, 2.24) is 10.2 Å². The molecule has 0 aromatic heterocycles. The van der Waals surface area contributed by atoms with Crippen LogP contribution in [0.25, 0.3) is 0 Å². The first-order valence-corrected chi connectivity index (χ1v) is 7.56. The van der Waals surface area contributed by atoms with Crippen LogP contribution < -0.4 is 10.1 Å². The van der Waals surface area contributed by atoms with Crippen molar-refractivity contribution in [3.8, 4) is 5.75 Å². The lowest BCUT2D eigenvalue weighted by Gasteiger charge is -2.36. The fourth-order valence-electron chi connectivity index (χ4n) is 3.13. The highest BCUT2D eigenvalue weighted by Gasteiger charge is 2.38. The Morgan fingerprint density at radius 1 is 1.26 bits per heavy atom. The van der Waals surface area contributed by atoms with Gasteiger partial charge in [0.2, 0.25) is 0 Å². The van der Waals surface area contributed by atoms with Crippen molar-refractivity contribution in [2.45, 2.75) is 25.8 Å². The van der Waals surface area contributed by atoms with Crippen LogP contribution >= 0.6 is 0 Å². The minimum Gasteiger partial charge on any atom is -0.494 e. The molecule has 1 saturated heterocycles. The smallest absolute Gasteiger partial charge is 0.124 e. The fraction of sp³-hybridized carbons (Fsp3) is 0.625. The Morgan fingerprint density at radius 2 is 2.00 bits per heavy atom. The van der Waals surface area contributed by atoms with Gasteiger partial charge in [0, 0.05) is 37.8 Å². The maximum absolute atomic E-state index is 5.84. The van der Waals surface area contributed by atoms with Gasteiger partial charge in [0.1, 0.15) is 5.75 Å². The van der Waals surface area contributed by atoms with Gasteiger partial charge in [-0.1, -0.05) is 18.2 Å². The summed E-state index contributed by atoms with van der Waals surface area (Å²) < 4.78 is 5.84. The molecule has 1 N–H and O–H groups in total. The van der Waals surface area contributed by atoms with Gasteiger partial charge >= 0.3 is 0 Å². The molecular formula is C16H24N2O. The van der Waals surface area contributed by atoms with Crippen molar-refractivity contribution in [3.05, 3.63) is 29.8 Å². The molecule has 0 spiro atoms. The number of nitrogens with zero attached hydrogens (tertiary/aromatic N) is 1. The molecular weight excluding hydrogens is 236 g/mol. The summed E-state index contributed by atoms with van der Waals surface area (Å²) in [5.74, 6) is 1.92. The Bertz CT molecular complexity index is 411. The summed E-state index contributed by atoms with van der Waals surface area (Å²) >= 11 is 0. The number of hydrogen-bond donors (Lipinski definition) is 1. The quantitative estimate of drug-likeness (QED) is 0.880. The zero-order valence-electron chi connectivity index (χ0n) is 11.8. The number of benzene rings is 1. The van der Waals surface area contributed by atoms with E-state index in [4.69, 9.17) is 4.74 Å². The Morgan fingerprint density at radius 3 is 2.68 bits per heavy atom. The third-order valence-corrected chi connectivity index (χ3v) is 4.15. The second kappa shape index (κ2) is 5.93. The average molecular weight is 260 g/mol. The van der Waals surface area contributed by atoms with Gasteiger partial charge in [-0.15, -0.1) is 0 Å². The summed E-state index contributed by atoms with van der Waals surface area (Å²) in [7, 11) is 0. The number of nitrogens with one attached hydrogen (secondary N) is 1. The molecule has 1 aliphatic carbocycles. The van der Waals surface area contributed by atoms with Crippen molar-refractivity contribution in [3.63, 3.8) is 0 Å². The van der Waals surface area contributed by atoms with E-state index >= 15 is 0 Å². The molecule has 0 unspecified atom stereocenters. The molecule has 3 nitrogen and oxygen atoms in total. The second-order valence-corrected chi connectivity index (χ2v) is 5.54. The van der Waals surface area contributed by atoms with Gasteiger partial charge in [0.05, 0.1) is 6.61 Å². The molecule has 1 heterocycles. The molecule has 1 atom stereocenters. The molecule has 2 fully saturated rings. The zero-order valence-corrected chi connectivity index (χ0v) is 11.8. The second-order valence-electron chi connectivity index (χ2n) is 5.54. The topological polar surface area (TPSA) is 24.5 Å². The molecule has 3 heteroatoms. The molecule has 0 radical (unpaired) electrons. The molecule has 104 valence electrons. The Hall–Kier alpha value is -1.06. The largest absolute Gasteiger partial charge is 0.494 e. The third-order valence-electron chi connectivity index (χ3n) is 4.15. The molecule has 1 aliphatic heterocycles. The molecule has 0 bridgehead atoms. The number of rotatable bonds is 5. The summed E-state index contributed by atoms with van der Waals surface area (Å²) in [5.41, 5.74) is 1.40. The Kier molecular flexibility index (Phi) is 4.04. The highest BCUT2D eigenvalue weighted by molar-refractivity contribution is 5.37. The highest BCUT2D eigenvalue weighted by atomic mass is 16.5. The summed E-state index contributed by atoms with van der Waals surface area (Å²) in [5, 5.41) is 3.45. The van der Waals surface area contributed by atoms with E-state index in [9.17, 15) is 0 Å². The van der Waals surface area contributed by atoms with Crippen LogP contribution in [0.3, 0.4) is 0 Å². The SMILES string of the molecule is CCOc1ccccc1[C@@H](C1CC1)N1CCNCC1. The van der Waals surface area contributed by atoms with Gasteiger partial charge in [0.25, 0.3) is 0 Å². The van der Waals surface area contributed by atoms with Gasteiger partial charge in [-0.25, -0.2) is 0 Å². The van der Waals surface area contributed by atoms with Gasteiger partial charge < -0.3 is 10.1 Å². The molecule has 19 heavy (non-hydrogen) atoms. The lowest BCUT2D eigenvalue weighted by atomic mass is 9.98. The Labute approximate surface area is 115 Å². The Balaban J connectivity index is 1.86. The first-order chi connectivity index (χ1) is 9.40. The number of ether oxygens (including phenoxy) is 1. The van der Waals surface area contributed by atoms with E-state index in [1.165, 1.54) is 18.4 Å². The predicted octanol–water partition coefficient (Wildman–Crippen LogP) is 2.44. The van der Waals surface area contributed by atoms with Crippen molar-refractivity contribution in [2.75, 3.05) is 32.8 Å². The van der Waals surface area contributed by atoms with Crippen LogP contribution in [-0.2, 0) is 0 Å². The van der Waals surface area contributed by atoms with E-state index in [0.717, 1.165) is 44.5 Å². The van der Waals surface area contributed by atoms with Gasteiger partial charge in [0.15, 0.2) is 0 Å². The molecule has 0 amide bonds. The van der Waals surface area contributed by atoms with Crippen LogP contribution in [0.4, 0.5) is 0 Å². The fourth-order valence-corrected chi connectivity index (χ4v) is 3.13. The molecule has 1 aromatic rings. The number of para-hydroxylation sites is 1. The summed E-state index contributed by atoms with van der Waals surface area (Å²) in [6.07, 6.45) is 2.74. The lowest BCUT2D eigenvalue weighted by Crippen LogP contribution is -2.45. The maximum atomic E-state index is 5.84. The van der Waals surface area contributed by atoms with E-state index < -0.39 is 0 Å². The van der Waals surface area contributed by atoms with E-state index in [-0.39, 0.29) is 0 Å². The third kappa shape index (κ3) is 2.93. The first-order valence-electron chi connectivity index (χ1n) is 7.56. The monoisotopic (exact) mass is 260 g/mol. The van der Waals surface area contributed by atoms with Crippen LogP contribution in [0.1, 0.15) is 31.4 Å². The van der Waals surface area contributed by atoms with Crippen molar-refractivity contribution in [1.29, 1.82) is 0 Å². The molecule has 1 aromatic carbocycles. The van der Waals surface area contributed by atoms with E-state index in [1.807, 2.05) is 0 Å². The molecule has 2 aliphatic rings. The highest BCUT2D eigenvalue weighted by Crippen LogP contribution is 2.46. The summed E-state index contributed by atoms with van der Waals surface area (Å²) in [4.78, 5) is 2.64. The van der Waals surface area contributed by atoms with Crippen LogP contribution in [0, 0.1) is 5.92 Å². The predicted molar refractivity (Wildman–Crippen MR) is 77.5 cm³/mol. The van der Waals surface area contributed by atoms with Gasteiger partial charge in [-0.2, -0.15) is 0 Å². The number of piperazine rings is 1. The van der Waals surface area contributed by atoms with Gasteiger partial charge in [-0.05, 0) is 31.7 Å². The maximum Gasteiger partial charge on any atom is 0.124 e. The van der Waals surface area contributed by atoms with E-state index in [2.05, 4.69) is 41.4 Å². The van der Waals surface area contributed by atoms with Crippen molar-refractivity contribution in [2.24, 2.45) is 5.92 Å². The van der Waals surface area contributed by atoms with E-state index in [0.29, 0.717) is 6.04 Å². The van der Waals surface area contributed by atoms with Crippen LogP contribution in [0.15, 0.2) is 24.3 Å².